The van der Waals surface area contributed by atoms with Crippen LogP contribution in [0, 0.1) is 5.92 Å². The number of Topliss-reactive ketones (excluding diaryl/α,β-unsaturated/α-hetero) is 1. The van der Waals surface area contributed by atoms with E-state index in [0.717, 1.165) is 17.3 Å². The Kier molecular flexibility index (Phi) is 2.04. The molecule has 0 unspecified atom stereocenters. The molecule has 1 aromatic carbocycles. The summed E-state index contributed by atoms with van der Waals surface area (Å²) in [5.41, 5.74) is 1.80. The van der Waals surface area contributed by atoms with E-state index in [1.165, 1.54) is 0 Å². The molecular weight excluding hydrogens is 272 g/mol. The Morgan fingerprint density at radius 1 is 1.25 bits per heavy atom. The third kappa shape index (κ3) is 1.51. The molecule has 5 heteroatoms. The average molecular weight is 281 g/mol. The summed E-state index contributed by atoms with van der Waals surface area (Å²) in [5.74, 6) is 0.343. The van der Waals surface area contributed by atoms with Crippen LogP contribution in [0.15, 0.2) is 21.4 Å². The summed E-state index contributed by atoms with van der Waals surface area (Å²) >= 11 is 3.37. The SMILES string of the molecule is O=C(c1cc2[nH]c(=O)[nH]c2cc1Br)C1CC1. The number of H-pyrrole nitrogens is 2. The summed E-state index contributed by atoms with van der Waals surface area (Å²) in [6.45, 7) is 0. The molecule has 0 spiro atoms. The predicted molar refractivity (Wildman–Crippen MR) is 63.7 cm³/mol. The summed E-state index contributed by atoms with van der Waals surface area (Å²) in [6, 6.07) is 3.50. The summed E-state index contributed by atoms with van der Waals surface area (Å²) < 4.78 is 0.743. The molecule has 0 aliphatic heterocycles. The fourth-order valence-electron chi connectivity index (χ4n) is 1.81. The number of aromatic nitrogens is 2. The molecule has 16 heavy (non-hydrogen) atoms. The van der Waals surface area contributed by atoms with Crippen molar-refractivity contribution in [2.24, 2.45) is 5.92 Å². The van der Waals surface area contributed by atoms with Gasteiger partial charge in [-0.2, -0.15) is 0 Å². The Bertz CT molecular complexity index is 637. The lowest BCUT2D eigenvalue weighted by Crippen LogP contribution is -2.02. The standard InChI is InChI=1S/C11H9BrN2O2/c12-7-4-9-8(13-11(16)14-9)3-6(7)10(15)5-1-2-5/h3-5H,1-2H2,(H2,13,14,16). The summed E-state index contributed by atoms with van der Waals surface area (Å²) in [5, 5.41) is 0. The van der Waals surface area contributed by atoms with Crippen molar-refractivity contribution in [2.75, 3.05) is 0 Å². The van der Waals surface area contributed by atoms with Crippen LogP contribution in [-0.2, 0) is 0 Å². The van der Waals surface area contributed by atoms with Gasteiger partial charge in [-0.25, -0.2) is 4.79 Å². The van der Waals surface area contributed by atoms with Crippen LogP contribution >= 0.6 is 15.9 Å². The molecule has 3 rings (SSSR count). The van der Waals surface area contributed by atoms with Crippen molar-refractivity contribution in [3.63, 3.8) is 0 Å². The molecule has 1 fully saturated rings. The molecule has 1 aromatic heterocycles. The lowest BCUT2D eigenvalue weighted by atomic mass is 10.1. The van der Waals surface area contributed by atoms with Crippen LogP contribution in [0.25, 0.3) is 11.0 Å². The Labute approximate surface area is 99.2 Å². The molecular formula is C11H9BrN2O2. The summed E-state index contributed by atoms with van der Waals surface area (Å²) in [7, 11) is 0. The first-order valence-corrected chi connectivity index (χ1v) is 5.90. The highest BCUT2D eigenvalue weighted by Gasteiger charge is 2.31. The first-order valence-electron chi connectivity index (χ1n) is 5.11. The number of carbonyl (C=O) groups excluding carboxylic acids is 1. The quantitative estimate of drug-likeness (QED) is 0.829. The van der Waals surface area contributed by atoms with Gasteiger partial charge in [-0.15, -0.1) is 0 Å². The van der Waals surface area contributed by atoms with E-state index >= 15 is 0 Å². The van der Waals surface area contributed by atoms with Gasteiger partial charge in [-0.3, -0.25) is 4.79 Å². The topological polar surface area (TPSA) is 65.7 Å². The van der Waals surface area contributed by atoms with Gasteiger partial charge < -0.3 is 9.97 Å². The van der Waals surface area contributed by atoms with Gasteiger partial charge >= 0.3 is 5.69 Å². The average Bonchev–Trinajstić information content (AvgIpc) is 3.00. The second kappa shape index (κ2) is 3.31. The Hall–Kier alpha value is -1.36. The Morgan fingerprint density at radius 2 is 1.88 bits per heavy atom. The number of halogens is 1. The van der Waals surface area contributed by atoms with E-state index in [4.69, 9.17) is 0 Å². The van der Waals surface area contributed by atoms with Gasteiger partial charge in [-0.05, 0) is 40.9 Å². The monoisotopic (exact) mass is 280 g/mol. The van der Waals surface area contributed by atoms with Gasteiger partial charge in [0.2, 0.25) is 0 Å². The van der Waals surface area contributed by atoms with Gasteiger partial charge in [-0.1, -0.05) is 0 Å². The zero-order valence-electron chi connectivity index (χ0n) is 8.34. The molecule has 82 valence electrons. The number of hydrogen-bond acceptors (Lipinski definition) is 2. The molecule has 2 aromatic rings. The molecule has 1 saturated carbocycles. The second-order valence-corrected chi connectivity index (χ2v) is 4.95. The molecule has 2 N–H and O–H groups in total. The number of carbonyl (C=O) groups is 1. The van der Waals surface area contributed by atoms with E-state index < -0.39 is 0 Å². The van der Waals surface area contributed by atoms with E-state index in [2.05, 4.69) is 25.9 Å². The highest BCUT2D eigenvalue weighted by molar-refractivity contribution is 9.10. The number of hydrogen-bond donors (Lipinski definition) is 2. The molecule has 1 heterocycles. The van der Waals surface area contributed by atoms with Crippen molar-refractivity contribution in [3.8, 4) is 0 Å². The number of ketones is 1. The van der Waals surface area contributed by atoms with Crippen molar-refractivity contribution >= 4 is 32.7 Å². The molecule has 0 bridgehead atoms. The summed E-state index contributed by atoms with van der Waals surface area (Å²) in [4.78, 5) is 28.4. The smallest absolute Gasteiger partial charge is 0.306 e. The van der Waals surface area contributed by atoms with Gasteiger partial charge in [0.25, 0.3) is 0 Å². The van der Waals surface area contributed by atoms with Crippen molar-refractivity contribution in [2.45, 2.75) is 12.8 Å². The normalized spacial score (nSPS) is 15.6. The van der Waals surface area contributed by atoms with E-state index in [1.807, 2.05) is 0 Å². The first kappa shape index (κ1) is 9.84. The predicted octanol–water partition coefficient (Wildman–Crippen LogP) is 2.21. The van der Waals surface area contributed by atoms with Crippen molar-refractivity contribution in [3.05, 3.63) is 32.7 Å². The lowest BCUT2D eigenvalue weighted by molar-refractivity contribution is 0.0967. The third-order valence-electron chi connectivity index (χ3n) is 2.82. The third-order valence-corrected chi connectivity index (χ3v) is 3.47. The number of rotatable bonds is 2. The Balaban J connectivity index is 2.19. The fourth-order valence-corrected chi connectivity index (χ4v) is 2.35. The number of aromatic amines is 2. The van der Waals surface area contributed by atoms with Crippen LogP contribution in [0.4, 0.5) is 0 Å². The largest absolute Gasteiger partial charge is 0.323 e. The molecule has 0 saturated heterocycles. The van der Waals surface area contributed by atoms with Crippen molar-refractivity contribution in [1.29, 1.82) is 0 Å². The van der Waals surface area contributed by atoms with Crippen molar-refractivity contribution in [1.82, 2.24) is 9.97 Å². The van der Waals surface area contributed by atoms with Gasteiger partial charge in [0, 0.05) is 16.0 Å². The number of benzene rings is 1. The number of fused-ring (bicyclic) bond motifs is 1. The maximum Gasteiger partial charge on any atom is 0.323 e. The first-order chi connectivity index (χ1) is 7.65. The highest BCUT2D eigenvalue weighted by atomic mass is 79.9. The second-order valence-electron chi connectivity index (χ2n) is 4.10. The molecule has 1 aliphatic rings. The molecule has 4 nitrogen and oxygen atoms in total. The van der Waals surface area contributed by atoms with Crippen LogP contribution in [0.1, 0.15) is 23.2 Å². The zero-order valence-corrected chi connectivity index (χ0v) is 9.93. The van der Waals surface area contributed by atoms with E-state index in [1.54, 1.807) is 12.1 Å². The highest BCUT2D eigenvalue weighted by Crippen LogP contribution is 2.35. The Morgan fingerprint density at radius 3 is 2.50 bits per heavy atom. The van der Waals surface area contributed by atoms with Crippen molar-refractivity contribution < 1.29 is 4.79 Å². The molecule has 0 atom stereocenters. The molecule has 0 radical (unpaired) electrons. The molecule has 0 amide bonds. The number of nitrogens with one attached hydrogen (secondary N) is 2. The van der Waals surface area contributed by atoms with Crippen LogP contribution < -0.4 is 5.69 Å². The number of imidazole rings is 1. The lowest BCUT2D eigenvalue weighted by Gasteiger charge is -2.02. The maximum absolute atomic E-state index is 11.9. The van der Waals surface area contributed by atoms with Gasteiger partial charge in [0.15, 0.2) is 5.78 Å². The van der Waals surface area contributed by atoms with E-state index in [-0.39, 0.29) is 17.4 Å². The van der Waals surface area contributed by atoms with Crippen LogP contribution in [0.2, 0.25) is 0 Å². The van der Waals surface area contributed by atoms with E-state index in [9.17, 15) is 9.59 Å². The fraction of sp³-hybridized carbons (Fsp3) is 0.273. The zero-order chi connectivity index (χ0) is 11.3. The minimum Gasteiger partial charge on any atom is -0.306 e. The maximum atomic E-state index is 11.9. The van der Waals surface area contributed by atoms with Gasteiger partial charge in [0.05, 0.1) is 11.0 Å². The molecule has 1 aliphatic carbocycles. The minimum absolute atomic E-state index is 0.163. The van der Waals surface area contributed by atoms with Crippen LogP contribution in [-0.4, -0.2) is 15.8 Å². The van der Waals surface area contributed by atoms with Crippen LogP contribution in [0.5, 0.6) is 0 Å². The van der Waals surface area contributed by atoms with Crippen LogP contribution in [0.3, 0.4) is 0 Å². The summed E-state index contributed by atoms with van der Waals surface area (Å²) in [6.07, 6.45) is 1.96. The van der Waals surface area contributed by atoms with E-state index in [0.29, 0.717) is 16.6 Å². The van der Waals surface area contributed by atoms with Gasteiger partial charge in [0.1, 0.15) is 0 Å². The minimum atomic E-state index is -0.252.